The van der Waals surface area contributed by atoms with Crippen molar-refractivity contribution in [2.75, 3.05) is 20.4 Å². The van der Waals surface area contributed by atoms with Gasteiger partial charge in [0.25, 0.3) is 0 Å². The van der Waals surface area contributed by atoms with Crippen molar-refractivity contribution in [3.8, 4) is 0 Å². The van der Waals surface area contributed by atoms with Gasteiger partial charge in [0.15, 0.2) is 0 Å². The number of rotatable bonds is 5. The summed E-state index contributed by atoms with van der Waals surface area (Å²) in [5, 5.41) is 0. The molecule has 0 fully saturated rings. The molecule has 0 rings (SSSR count). The van der Waals surface area contributed by atoms with Gasteiger partial charge < -0.3 is 14.8 Å². The van der Waals surface area contributed by atoms with Crippen LogP contribution in [0.2, 0.25) is 0 Å². The van der Waals surface area contributed by atoms with Crippen LogP contribution in [0.25, 0.3) is 0 Å². The zero-order valence-electron chi connectivity index (χ0n) is 7.44. The molecule has 0 aromatic carbocycles. The highest BCUT2D eigenvalue weighted by Crippen LogP contribution is 2.47. The Morgan fingerprint density at radius 3 is 2.17 bits per heavy atom. The zero-order valence-corrected chi connectivity index (χ0v) is 8.34. The van der Waals surface area contributed by atoms with Gasteiger partial charge in [-0.1, -0.05) is 6.92 Å². The third-order valence-electron chi connectivity index (χ3n) is 1.54. The Hall–Kier alpha value is -0.380. The van der Waals surface area contributed by atoms with Crippen LogP contribution in [0.1, 0.15) is 6.92 Å². The molecule has 0 heterocycles. The maximum Gasteiger partial charge on any atom is 0.330 e. The van der Waals surface area contributed by atoms with E-state index in [1.807, 2.05) is 0 Å². The van der Waals surface area contributed by atoms with Crippen LogP contribution in [0.5, 0.6) is 0 Å². The quantitative estimate of drug-likeness (QED) is 0.651. The molecule has 1 atom stereocenters. The standard InChI is InChI=1S/C6H14NO4P/c1-5(6(7)8)4-12(9,10-2)11-3/h5H,4H2,1-3H3,(H2,7,8). The fourth-order valence-corrected chi connectivity index (χ4v) is 1.95. The van der Waals surface area contributed by atoms with E-state index in [-0.39, 0.29) is 6.16 Å². The van der Waals surface area contributed by atoms with Gasteiger partial charge in [-0.2, -0.15) is 0 Å². The Morgan fingerprint density at radius 1 is 1.50 bits per heavy atom. The molecular weight excluding hydrogens is 181 g/mol. The van der Waals surface area contributed by atoms with E-state index in [0.717, 1.165) is 0 Å². The lowest BCUT2D eigenvalue weighted by Gasteiger charge is -2.15. The maximum absolute atomic E-state index is 11.4. The molecule has 0 saturated carbocycles. The smallest absolute Gasteiger partial charge is 0.330 e. The molecule has 2 N–H and O–H groups in total. The number of hydrogen-bond donors (Lipinski definition) is 1. The molecule has 12 heavy (non-hydrogen) atoms. The van der Waals surface area contributed by atoms with Gasteiger partial charge in [-0.05, 0) is 0 Å². The van der Waals surface area contributed by atoms with Crippen LogP contribution in [0.15, 0.2) is 0 Å². The van der Waals surface area contributed by atoms with Gasteiger partial charge in [-0.15, -0.1) is 0 Å². The van der Waals surface area contributed by atoms with Crippen LogP contribution in [0, 0.1) is 5.92 Å². The molecule has 0 saturated heterocycles. The normalized spacial score (nSPS) is 14.2. The van der Waals surface area contributed by atoms with Crippen molar-refractivity contribution in [2.45, 2.75) is 6.92 Å². The monoisotopic (exact) mass is 195 g/mol. The van der Waals surface area contributed by atoms with Crippen molar-refractivity contribution in [1.82, 2.24) is 0 Å². The highest BCUT2D eigenvalue weighted by Gasteiger charge is 2.26. The van der Waals surface area contributed by atoms with Gasteiger partial charge >= 0.3 is 7.60 Å². The van der Waals surface area contributed by atoms with Crippen LogP contribution in [0.4, 0.5) is 0 Å². The SMILES string of the molecule is COP(=O)(CC(C)C(N)=O)OC. The van der Waals surface area contributed by atoms with Crippen molar-refractivity contribution in [1.29, 1.82) is 0 Å². The van der Waals surface area contributed by atoms with Crippen molar-refractivity contribution in [2.24, 2.45) is 11.7 Å². The van der Waals surface area contributed by atoms with Gasteiger partial charge in [0.2, 0.25) is 5.91 Å². The second kappa shape index (κ2) is 4.60. The summed E-state index contributed by atoms with van der Waals surface area (Å²) in [6.45, 7) is 1.58. The Kier molecular flexibility index (Phi) is 4.45. The highest BCUT2D eigenvalue weighted by molar-refractivity contribution is 7.53. The van der Waals surface area contributed by atoms with Crippen molar-refractivity contribution >= 4 is 13.5 Å². The predicted octanol–water partition coefficient (Wildman–Crippen LogP) is 0.594. The topological polar surface area (TPSA) is 78.6 Å². The van der Waals surface area contributed by atoms with Gasteiger partial charge in [-0.25, -0.2) is 0 Å². The minimum absolute atomic E-state index is 0.0231. The second-order valence-corrected chi connectivity index (χ2v) is 4.78. The first-order valence-electron chi connectivity index (χ1n) is 3.45. The minimum Gasteiger partial charge on any atom is -0.369 e. The third-order valence-corrected chi connectivity index (χ3v) is 3.65. The number of carbonyl (C=O) groups excluding carboxylic acids is 1. The Bertz CT molecular complexity index is 198. The average Bonchev–Trinajstić information content (AvgIpc) is 2.04. The molecule has 0 spiro atoms. The summed E-state index contributed by atoms with van der Waals surface area (Å²) in [4.78, 5) is 10.6. The van der Waals surface area contributed by atoms with E-state index in [9.17, 15) is 9.36 Å². The first kappa shape index (κ1) is 11.6. The summed E-state index contributed by atoms with van der Waals surface area (Å²) in [5.74, 6) is -1.01. The molecular formula is C6H14NO4P. The van der Waals surface area contributed by atoms with E-state index >= 15 is 0 Å². The first-order chi connectivity index (χ1) is 5.45. The summed E-state index contributed by atoms with van der Waals surface area (Å²) in [6, 6.07) is 0. The molecule has 5 nitrogen and oxygen atoms in total. The summed E-state index contributed by atoms with van der Waals surface area (Å²) in [5.41, 5.74) is 4.98. The summed E-state index contributed by atoms with van der Waals surface area (Å²) in [6.07, 6.45) is 0.0231. The molecule has 0 aromatic heterocycles. The number of nitrogens with two attached hydrogens (primary N) is 1. The molecule has 0 aromatic rings. The lowest BCUT2D eigenvalue weighted by molar-refractivity contribution is -0.120. The van der Waals surface area contributed by atoms with Crippen molar-refractivity contribution in [3.05, 3.63) is 0 Å². The van der Waals surface area contributed by atoms with Crippen molar-refractivity contribution < 1.29 is 18.4 Å². The summed E-state index contributed by atoms with van der Waals surface area (Å²) in [7, 11) is -0.540. The molecule has 0 aliphatic rings. The zero-order chi connectivity index (χ0) is 9.78. The molecule has 0 aliphatic carbocycles. The van der Waals surface area contributed by atoms with Gasteiger partial charge in [-0.3, -0.25) is 9.36 Å². The third kappa shape index (κ3) is 3.34. The molecule has 0 bridgehead atoms. The fraction of sp³-hybridized carbons (Fsp3) is 0.833. The minimum atomic E-state index is -3.09. The van der Waals surface area contributed by atoms with E-state index in [1.165, 1.54) is 14.2 Å². The van der Waals surface area contributed by atoms with Crippen LogP contribution in [-0.4, -0.2) is 26.3 Å². The van der Waals surface area contributed by atoms with E-state index < -0.39 is 19.4 Å². The van der Waals surface area contributed by atoms with E-state index in [0.29, 0.717) is 0 Å². The Labute approximate surface area is 71.8 Å². The van der Waals surface area contributed by atoms with E-state index in [4.69, 9.17) is 5.73 Å². The second-order valence-electron chi connectivity index (χ2n) is 2.46. The average molecular weight is 195 g/mol. The summed E-state index contributed by atoms with van der Waals surface area (Å²) >= 11 is 0. The molecule has 6 heteroatoms. The Balaban J connectivity index is 4.22. The van der Waals surface area contributed by atoms with Crippen LogP contribution in [0.3, 0.4) is 0 Å². The Morgan fingerprint density at radius 2 is 1.92 bits per heavy atom. The van der Waals surface area contributed by atoms with E-state index in [1.54, 1.807) is 6.92 Å². The van der Waals surface area contributed by atoms with E-state index in [2.05, 4.69) is 9.05 Å². The number of hydrogen-bond acceptors (Lipinski definition) is 4. The number of carbonyl (C=O) groups is 1. The summed E-state index contributed by atoms with van der Waals surface area (Å²) < 4.78 is 20.7. The molecule has 1 amide bonds. The largest absolute Gasteiger partial charge is 0.369 e. The fourth-order valence-electron chi connectivity index (χ4n) is 0.649. The molecule has 72 valence electrons. The van der Waals surface area contributed by atoms with Gasteiger partial charge in [0.05, 0.1) is 6.16 Å². The van der Waals surface area contributed by atoms with Crippen LogP contribution >= 0.6 is 7.60 Å². The molecule has 0 aliphatic heterocycles. The lowest BCUT2D eigenvalue weighted by atomic mass is 10.2. The number of primary amides is 1. The van der Waals surface area contributed by atoms with Crippen LogP contribution in [-0.2, 0) is 18.4 Å². The first-order valence-corrected chi connectivity index (χ1v) is 5.18. The predicted molar refractivity (Wildman–Crippen MR) is 44.8 cm³/mol. The maximum atomic E-state index is 11.4. The number of amides is 1. The highest BCUT2D eigenvalue weighted by atomic mass is 31.2. The van der Waals surface area contributed by atoms with Gasteiger partial charge in [0.1, 0.15) is 0 Å². The van der Waals surface area contributed by atoms with Gasteiger partial charge in [0, 0.05) is 20.1 Å². The molecule has 1 unspecified atom stereocenters. The van der Waals surface area contributed by atoms with Crippen molar-refractivity contribution in [3.63, 3.8) is 0 Å². The molecule has 0 radical (unpaired) electrons. The van der Waals surface area contributed by atoms with Crippen LogP contribution < -0.4 is 5.73 Å². The lowest BCUT2D eigenvalue weighted by Crippen LogP contribution is -2.23.